The molecule has 1 saturated carbocycles. The number of amides is 2. The first-order valence-electron chi connectivity index (χ1n) is 13.5. The Hall–Kier alpha value is -3.27. The van der Waals surface area contributed by atoms with Crippen LogP contribution in [0.15, 0.2) is 48.5 Å². The molecule has 0 radical (unpaired) electrons. The van der Waals surface area contributed by atoms with E-state index in [0.717, 1.165) is 37.5 Å². The van der Waals surface area contributed by atoms with Crippen LogP contribution in [0.4, 0.5) is 5.69 Å². The second-order valence-electron chi connectivity index (χ2n) is 9.92. The summed E-state index contributed by atoms with van der Waals surface area (Å²) in [7, 11) is -0.427. The highest BCUT2D eigenvalue weighted by Crippen LogP contribution is 2.23. The molecular weight excluding hydrogens is 518 g/mol. The highest BCUT2D eigenvalue weighted by Gasteiger charge is 2.30. The fourth-order valence-electron chi connectivity index (χ4n) is 4.97. The van der Waals surface area contributed by atoms with Gasteiger partial charge in [-0.3, -0.25) is 13.9 Å². The topological polar surface area (TPSA) is 105 Å². The lowest BCUT2D eigenvalue weighted by molar-refractivity contribution is -0.141. The second-order valence-corrected chi connectivity index (χ2v) is 11.8. The molecule has 0 bridgehead atoms. The fraction of sp³-hybridized carbons (Fsp3) is 0.517. The quantitative estimate of drug-likeness (QED) is 0.373. The van der Waals surface area contributed by atoms with Crippen molar-refractivity contribution in [3.63, 3.8) is 0 Å². The Kier molecular flexibility index (Phi) is 11.0. The minimum Gasteiger partial charge on any atom is -0.497 e. The molecule has 2 aromatic carbocycles. The third-order valence-electron chi connectivity index (χ3n) is 7.11. The smallest absolute Gasteiger partial charge is 0.243 e. The van der Waals surface area contributed by atoms with Crippen molar-refractivity contribution in [2.45, 2.75) is 70.5 Å². The maximum Gasteiger partial charge on any atom is 0.243 e. The van der Waals surface area contributed by atoms with E-state index in [0.29, 0.717) is 30.0 Å². The van der Waals surface area contributed by atoms with Gasteiger partial charge in [0, 0.05) is 25.6 Å². The van der Waals surface area contributed by atoms with Gasteiger partial charge in [-0.2, -0.15) is 0 Å². The number of carbonyl (C=O) groups excluding carboxylic acids is 2. The van der Waals surface area contributed by atoms with Crippen molar-refractivity contribution in [2.75, 3.05) is 31.3 Å². The van der Waals surface area contributed by atoms with Gasteiger partial charge < -0.3 is 19.7 Å². The maximum absolute atomic E-state index is 13.6. The molecule has 0 aliphatic heterocycles. The van der Waals surface area contributed by atoms with Gasteiger partial charge in [0.25, 0.3) is 0 Å². The van der Waals surface area contributed by atoms with Crippen LogP contribution in [0.2, 0.25) is 0 Å². The van der Waals surface area contributed by atoms with E-state index in [4.69, 9.17) is 9.47 Å². The SMILES string of the molecule is CCC(C(=O)NC1CCCC1)N(Cc1ccc(OC)cc1)C(=O)CCCN(c1ccc(OC)cc1)S(C)(=O)=O. The summed E-state index contributed by atoms with van der Waals surface area (Å²) in [6.45, 7) is 2.31. The number of anilines is 1. The maximum atomic E-state index is 13.6. The van der Waals surface area contributed by atoms with E-state index >= 15 is 0 Å². The average Bonchev–Trinajstić information content (AvgIpc) is 3.43. The number of sulfonamides is 1. The van der Waals surface area contributed by atoms with Gasteiger partial charge in [0.2, 0.25) is 21.8 Å². The zero-order valence-electron chi connectivity index (χ0n) is 23.4. The highest BCUT2D eigenvalue weighted by molar-refractivity contribution is 7.92. The molecule has 0 heterocycles. The number of hydrogen-bond acceptors (Lipinski definition) is 6. The van der Waals surface area contributed by atoms with Gasteiger partial charge in [-0.1, -0.05) is 31.9 Å². The van der Waals surface area contributed by atoms with Crippen LogP contribution in [0.5, 0.6) is 11.5 Å². The predicted molar refractivity (Wildman–Crippen MR) is 152 cm³/mol. The third-order valence-corrected chi connectivity index (χ3v) is 8.31. The fourth-order valence-corrected chi connectivity index (χ4v) is 5.93. The summed E-state index contributed by atoms with van der Waals surface area (Å²) in [6, 6.07) is 13.7. The summed E-state index contributed by atoms with van der Waals surface area (Å²) >= 11 is 0. The summed E-state index contributed by atoms with van der Waals surface area (Å²) in [6.07, 6.45) is 6.14. The van der Waals surface area contributed by atoms with Crippen LogP contribution in [0, 0.1) is 0 Å². The lowest BCUT2D eigenvalue weighted by atomic mass is 10.1. The van der Waals surface area contributed by atoms with E-state index in [1.807, 2.05) is 31.2 Å². The Balaban J connectivity index is 1.75. The molecule has 1 N–H and O–H groups in total. The molecule has 10 heteroatoms. The van der Waals surface area contributed by atoms with Crippen LogP contribution in [-0.4, -0.2) is 64.2 Å². The summed E-state index contributed by atoms with van der Waals surface area (Å²) in [5.74, 6) is 1.00. The Morgan fingerprint density at radius 2 is 1.54 bits per heavy atom. The normalized spacial score (nSPS) is 14.5. The molecule has 1 atom stereocenters. The van der Waals surface area contributed by atoms with Crippen LogP contribution in [0.3, 0.4) is 0 Å². The Bertz CT molecular complexity index is 1180. The van der Waals surface area contributed by atoms with Crippen molar-refractivity contribution in [3.05, 3.63) is 54.1 Å². The Labute approximate surface area is 232 Å². The molecule has 214 valence electrons. The lowest BCUT2D eigenvalue weighted by Gasteiger charge is -2.32. The van der Waals surface area contributed by atoms with E-state index in [1.54, 1.807) is 43.4 Å². The van der Waals surface area contributed by atoms with Gasteiger partial charge in [0.05, 0.1) is 26.2 Å². The number of methoxy groups -OCH3 is 2. The number of hydrogen-bond donors (Lipinski definition) is 1. The molecule has 0 spiro atoms. The number of rotatable bonds is 14. The predicted octanol–water partition coefficient (Wildman–Crippen LogP) is 4.12. The van der Waals surface area contributed by atoms with E-state index in [9.17, 15) is 18.0 Å². The molecule has 3 rings (SSSR count). The van der Waals surface area contributed by atoms with Crippen LogP contribution < -0.4 is 19.1 Å². The van der Waals surface area contributed by atoms with E-state index in [-0.39, 0.29) is 37.4 Å². The van der Waals surface area contributed by atoms with Crippen LogP contribution >= 0.6 is 0 Å². The van der Waals surface area contributed by atoms with Crippen molar-refractivity contribution in [3.8, 4) is 11.5 Å². The minimum absolute atomic E-state index is 0.103. The van der Waals surface area contributed by atoms with Gasteiger partial charge >= 0.3 is 0 Å². The van der Waals surface area contributed by atoms with Crippen molar-refractivity contribution >= 4 is 27.5 Å². The molecule has 1 unspecified atom stereocenters. The molecular formula is C29H41N3O6S. The van der Waals surface area contributed by atoms with Crippen LogP contribution in [-0.2, 0) is 26.2 Å². The lowest BCUT2D eigenvalue weighted by Crippen LogP contribution is -2.51. The van der Waals surface area contributed by atoms with Crippen LogP contribution in [0.1, 0.15) is 57.4 Å². The minimum atomic E-state index is -3.57. The molecule has 1 aliphatic carbocycles. The first-order valence-corrected chi connectivity index (χ1v) is 15.4. The van der Waals surface area contributed by atoms with Crippen molar-refractivity contribution in [2.24, 2.45) is 0 Å². The third kappa shape index (κ3) is 8.61. The standard InChI is InChI=1S/C29H41N3O6S/c1-5-27(29(34)30-23-9-6-7-10-23)31(21-22-12-16-25(37-2)17-13-22)28(33)11-8-20-32(39(4,35)36)24-14-18-26(38-3)19-15-24/h12-19,23,27H,5-11,20-21H2,1-4H3,(H,30,34). The number of nitrogens with zero attached hydrogens (tertiary/aromatic N) is 2. The highest BCUT2D eigenvalue weighted by atomic mass is 32.2. The second kappa shape index (κ2) is 14.2. The van der Waals surface area contributed by atoms with Gasteiger partial charge in [-0.25, -0.2) is 8.42 Å². The zero-order chi connectivity index (χ0) is 28.4. The number of benzene rings is 2. The molecule has 0 aromatic heterocycles. The van der Waals surface area contributed by atoms with E-state index < -0.39 is 16.1 Å². The molecule has 9 nitrogen and oxygen atoms in total. The molecule has 39 heavy (non-hydrogen) atoms. The monoisotopic (exact) mass is 559 g/mol. The number of carbonyl (C=O) groups is 2. The average molecular weight is 560 g/mol. The van der Waals surface area contributed by atoms with Crippen molar-refractivity contribution in [1.29, 1.82) is 0 Å². The van der Waals surface area contributed by atoms with Gasteiger partial charge in [-0.15, -0.1) is 0 Å². The van der Waals surface area contributed by atoms with Crippen molar-refractivity contribution in [1.82, 2.24) is 10.2 Å². The first kappa shape index (κ1) is 30.3. The van der Waals surface area contributed by atoms with E-state index in [2.05, 4.69) is 5.32 Å². The Morgan fingerprint density at radius 3 is 2.05 bits per heavy atom. The summed E-state index contributed by atoms with van der Waals surface area (Å²) in [4.78, 5) is 28.5. The van der Waals surface area contributed by atoms with Crippen LogP contribution in [0.25, 0.3) is 0 Å². The summed E-state index contributed by atoms with van der Waals surface area (Å²) in [5.41, 5.74) is 1.38. The number of ether oxygens (including phenoxy) is 2. The molecule has 2 aromatic rings. The molecule has 1 aliphatic rings. The van der Waals surface area contributed by atoms with Gasteiger partial charge in [0.1, 0.15) is 17.5 Å². The zero-order valence-corrected chi connectivity index (χ0v) is 24.2. The summed E-state index contributed by atoms with van der Waals surface area (Å²) < 4.78 is 36.8. The largest absolute Gasteiger partial charge is 0.497 e. The molecule has 0 saturated heterocycles. The number of nitrogens with one attached hydrogen (secondary N) is 1. The van der Waals surface area contributed by atoms with E-state index in [1.165, 1.54) is 4.31 Å². The van der Waals surface area contributed by atoms with Gasteiger partial charge in [0.15, 0.2) is 0 Å². The Morgan fingerprint density at radius 1 is 0.974 bits per heavy atom. The van der Waals surface area contributed by atoms with Gasteiger partial charge in [-0.05, 0) is 67.6 Å². The van der Waals surface area contributed by atoms with Crippen molar-refractivity contribution < 1.29 is 27.5 Å². The first-order chi connectivity index (χ1) is 18.7. The summed E-state index contributed by atoms with van der Waals surface area (Å²) in [5, 5.41) is 3.14. The molecule has 1 fully saturated rings. The molecule has 2 amide bonds.